The van der Waals surface area contributed by atoms with Gasteiger partial charge in [-0.15, -0.1) is 0 Å². The summed E-state index contributed by atoms with van der Waals surface area (Å²) in [5.74, 6) is 0. The molecule has 0 saturated heterocycles. The van der Waals surface area contributed by atoms with E-state index in [9.17, 15) is 0 Å². The summed E-state index contributed by atoms with van der Waals surface area (Å²) < 4.78 is 0. The second kappa shape index (κ2) is 562. The van der Waals surface area contributed by atoms with Crippen LogP contribution < -0.4 is 0 Å². The van der Waals surface area contributed by atoms with Gasteiger partial charge in [0, 0.05) is 0 Å². The zero-order valence-corrected chi connectivity index (χ0v) is 5.78. The van der Waals surface area contributed by atoms with Gasteiger partial charge in [-0.05, 0) is 0 Å². The standard InChI is InChI=1S/5H2N.Os/h5*1H2;/q5*-1;+8. The topological polar surface area (TPSA) is 168 Å². The van der Waals surface area contributed by atoms with Crippen LogP contribution in [0, 0.1) is 0 Å². The Balaban J connectivity index is 0. The Morgan fingerprint density at radius 1 is 0.333 bits per heavy atom. The Hall–Kier alpha value is 0.436. The third kappa shape index (κ3) is 275. The van der Waals surface area contributed by atoms with Crippen LogP contribution in [-0.4, -0.2) is 0 Å². The molecular weight excluding hydrogens is 260 g/mol. The zero-order chi connectivity index (χ0) is 0. The van der Waals surface area contributed by atoms with Gasteiger partial charge in [-0.2, -0.15) is 0 Å². The van der Waals surface area contributed by atoms with Gasteiger partial charge < -0.3 is 30.8 Å². The molecule has 0 heterocycles. The number of hydrogen-bond donors (Lipinski definition) is 0. The molecule has 0 aromatic heterocycles. The fourth-order valence-electron chi connectivity index (χ4n) is 0. The molecule has 0 aliphatic carbocycles. The molecule has 0 bridgehead atoms. The molecule has 0 aromatic carbocycles. The summed E-state index contributed by atoms with van der Waals surface area (Å²) in [5.41, 5.74) is 0. The van der Waals surface area contributed by atoms with Crippen LogP contribution in [0.2, 0.25) is 0 Å². The van der Waals surface area contributed by atoms with Crippen molar-refractivity contribution in [2.24, 2.45) is 0 Å². The molecule has 0 aromatic rings. The molecular formula is H10N5Os+3. The first-order valence-corrected chi connectivity index (χ1v) is 0. The second-order valence-electron chi connectivity index (χ2n) is 0. The maximum atomic E-state index is 0. The fourth-order valence-corrected chi connectivity index (χ4v) is 0. The Kier molecular flexibility index (Phi) is 93600. The molecule has 0 aliphatic heterocycles. The van der Waals surface area contributed by atoms with Gasteiger partial charge in [-0.1, -0.05) is 0 Å². The minimum atomic E-state index is 0. The smallest absolute Gasteiger partial charge is 0.693 e. The zero-order valence-electron chi connectivity index (χ0n) is 3.24. The van der Waals surface area contributed by atoms with Gasteiger partial charge in [0.15, 0.2) is 0 Å². The van der Waals surface area contributed by atoms with E-state index < -0.39 is 0 Å². The third-order valence-electron chi connectivity index (χ3n) is 0. The van der Waals surface area contributed by atoms with Crippen LogP contribution in [0.1, 0.15) is 0 Å². The molecule has 0 saturated carbocycles. The van der Waals surface area contributed by atoms with Crippen molar-refractivity contribution in [3.8, 4) is 0 Å². The number of hydrogen-bond acceptors (Lipinski definition) is 0. The predicted octanol–water partition coefficient (Wildman–Crippen LogP) is 3.58. The molecule has 0 radical (unpaired) electrons. The Labute approximate surface area is 51.2 Å². The van der Waals surface area contributed by atoms with Gasteiger partial charge in [0.2, 0.25) is 0 Å². The first-order chi connectivity index (χ1) is 0. The molecule has 40 valence electrons. The summed E-state index contributed by atoms with van der Waals surface area (Å²) in [7, 11) is 0. The summed E-state index contributed by atoms with van der Waals surface area (Å²) in [6.45, 7) is 0. The van der Waals surface area contributed by atoms with Gasteiger partial charge >= 0.3 is 19.8 Å². The SMILES string of the molecule is [NH2-].[NH2-].[NH2-].[NH2-].[NH2-].[Os+8]. The average Bonchev–Trinajstić information content (AvgIpc) is 0. The normalized spacial score (nSPS) is 0. The van der Waals surface area contributed by atoms with E-state index in [0.717, 1.165) is 0 Å². The van der Waals surface area contributed by atoms with Crippen molar-refractivity contribution in [2.45, 2.75) is 0 Å². The van der Waals surface area contributed by atoms with Crippen LogP contribution in [0.3, 0.4) is 0 Å². The van der Waals surface area contributed by atoms with Crippen molar-refractivity contribution in [2.75, 3.05) is 0 Å². The largest absolute Gasteiger partial charge is 8.00 e. The summed E-state index contributed by atoms with van der Waals surface area (Å²) in [6.07, 6.45) is 0. The number of rotatable bonds is 0. The number of nitrogens with two attached hydrogens (primary N) is 5. The molecule has 5 nitrogen and oxygen atoms in total. The van der Waals surface area contributed by atoms with E-state index in [4.69, 9.17) is 0 Å². The minimum Gasteiger partial charge on any atom is -0.693 e. The monoisotopic (exact) mass is 272 g/mol. The van der Waals surface area contributed by atoms with Crippen LogP contribution in [0.5, 0.6) is 0 Å². The van der Waals surface area contributed by atoms with Crippen LogP contribution in [0.25, 0.3) is 30.8 Å². The first kappa shape index (κ1) is 999. The molecule has 0 fully saturated rings. The van der Waals surface area contributed by atoms with Crippen molar-refractivity contribution in [3.05, 3.63) is 30.8 Å². The Bertz CT molecular complexity index is 3.90. The summed E-state index contributed by atoms with van der Waals surface area (Å²) in [5, 5.41) is 0. The van der Waals surface area contributed by atoms with Crippen molar-refractivity contribution in [3.63, 3.8) is 0 Å². The van der Waals surface area contributed by atoms with Gasteiger partial charge in [-0.3, -0.25) is 0 Å². The molecule has 0 unspecified atom stereocenters. The maximum absolute atomic E-state index is 0. The maximum Gasteiger partial charge on any atom is 8.00 e. The first-order valence-electron chi connectivity index (χ1n) is 0. The molecule has 10 N–H and O–H groups in total. The third-order valence-corrected chi connectivity index (χ3v) is 0. The molecule has 6 heavy (non-hydrogen) atoms. The molecule has 0 atom stereocenters. The van der Waals surface area contributed by atoms with Gasteiger partial charge in [0.25, 0.3) is 0 Å². The second-order valence-corrected chi connectivity index (χ2v) is 0. The van der Waals surface area contributed by atoms with Crippen LogP contribution in [0.4, 0.5) is 0 Å². The van der Waals surface area contributed by atoms with Crippen molar-refractivity contribution >= 4 is 0 Å². The quantitative estimate of drug-likeness (QED) is 0.627. The predicted molar refractivity (Wildman–Crippen MR) is 26.4 cm³/mol. The molecule has 0 aliphatic rings. The molecule has 0 spiro atoms. The summed E-state index contributed by atoms with van der Waals surface area (Å²) in [6, 6.07) is 0. The minimum absolute atomic E-state index is 0. The van der Waals surface area contributed by atoms with Crippen LogP contribution in [-0.2, 0) is 19.8 Å². The van der Waals surface area contributed by atoms with E-state index in [-0.39, 0.29) is 50.5 Å². The van der Waals surface area contributed by atoms with E-state index in [1.165, 1.54) is 0 Å². The Morgan fingerprint density at radius 3 is 0.333 bits per heavy atom. The molecule has 6 heteroatoms. The van der Waals surface area contributed by atoms with Gasteiger partial charge in [0.1, 0.15) is 0 Å². The van der Waals surface area contributed by atoms with E-state index in [0.29, 0.717) is 0 Å². The van der Waals surface area contributed by atoms with Crippen molar-refractivity contribution in [1.29, 1.82) is 0 Å². The fraction of sp³-hybridized carbons (Fsp3) is 0. The average molecular weight is 270 g/mol. The molecule has 0 amide bonds. The van der Waals surface area contributed by atoms with Crippen molar-refractivity contribution in [1.82, 2.24) is 0 Å². The summed E-state index contributed by atoms with van der Waals surface area (Å²) in [4.78, 5) is 0. The molecule has 0 rings (SSSR count). The summed E-state index contributed by atoms with van der Waals surface area (Å²) >= 11 is 0. The van der Waals surface area contributed by atoms with E-state index >= 15 is 0 Å². The van der Waals surface area contributed by atoms with Crippen LogP contribution in [0.15, 0.2) is 0 Å². The van der Waals surface area contributed by atoms with E-state index in [1.807, 2.05) is 0 Å². The van der Waals surface area contributed by atoms with Crippen molar-refractivity contribution < 1.29 is 19.8 Å². The van der Waals surface area contributed by atoms with Gasteiger partial charge in [-0.25, -0.2) is 0 Å². The van der Waals surface area contributed by atoms with E-state index in [2.05, 4.69) is 0 Å². The Morgan fingerprint density at radius 2 is 0.333 bits per heavy atom. The van der Waals surface area contributed by atoms with Crippen LogP contribution >= 0.6 is 0 Å². The van der Waals surface area contributed by atoms with Gasteiger partial charge in [0.05, 0.1) is 0 Å². The van der Waals surface area contributed by atoms with E-state index in [1.54, 1.807) is 0 Å².